The average molecular weight is 274 g/mol. The summed E-state index contributed by atoms with van der Waals surface area (Å²) in [6, 6.07) is 7.96. The molecule has 0 bridgehead atoms. The van der Waals surface area contributed by atoms with Gasteiger partial charge in [-0.25, -0.2) is 0 Å². The maximum absolute atomic E-state index is 10.9. The Kier molecular flexibility index (Phi) is 5.18. The van der Waals surface area contributed by atoms with Crippen LogP contribution in [0, 0.1) is 0 Å². The standard InChI is InChI=1S/C16H22N2O2/c1-2-3-6-9-17-10-13-11-18(12-16(19)20)15-8-5-4-7-14(13)15/h4-5,7-8,11,17H,2-3,6,9-10,12H2,1H3,(H,19,20). The van der Waals surface area contributed by atoms with E-state index in [1.807, 2.05) is 24.4 Å². The Balaban J connectivity index is 2.10. The van der Waals surface area contributed by atoms with Crippen LogP contribution in [-0.2, 0) is 17.9 Å². The number of rotatable bonds is 8. The summed E-state index contributed by atoms with van der Waals surface area (Å²) in [6.07, 6.45) is 5.60. The SMILES string of the molecule is CCCCCNCc1cn(CC(=O)O)c2ccccc12. The minimum absolute atomic E-state index is 0.0103. The van der Waals surface area contributed by atoms with E-state index in [2.05, 4.69) is 18.3 Å². The molecule has 0 radical (unpaired) electrons. The van der Waals surface area contributed by atoms with Gasteiger partial charge in [-0.05, 0) is 24.6 Å². The van der Waals surface area contributed by atoms with Crippen molar-refractivity contribution in [3.05, 3.63) is 36.0 Å². The van der Waals surface area contributed by atoms with E-state index in [1.165, 1.54) is 24.8 Å². The molecule has 20 heavy (non-hydrogen) atoms. The lowest BCUT2D eigenvalue weighted by Gasteiger charge is -2.02. The summed E-state index contributed by atoms with van der Waals surface area (Å²) >= 11 is 0. The molecular weight excluding hydrogens is 252 g/mol. The molecule has 2 N–H and O–H groups in total. The van der Waals surface area contributed by atoms with Gasteiger partial charge in [0.1, 0.15) is 6.54 Å². The molecular formula is C16H22N2O2. The van der Waals surface area contributed by atoms with Crippen molar-refractivity contribution >= 4 is 16.9 Å². The normalized spacial score (nSPS) is 11.1. The lowest BCUT2D eigenvalue weighted by Crippen LogP contribution is -2.14. The maximum Gasteiger partial charge on any atom is 0.323 e. The predicted molar refractivity (Wildman–Crippen MR) is 80.8 cm³/mol. The first-order chi connectivity index (χ1) is 9.72. The number of fused-ring (bicyclic) bond motifs is 1. The molecule has 108 valence electrons. The van der Waals surface area contributed by atoms with Gasteiger partial charge in [0.2, 0.25) is 0 Å². The largest absolute Gasteiger partial charge is 0.480 e. The topological polar surface area (TPSA) is 54.3 Å². The van der Waals surface area contributed by atoms with E-state index in [-0.39, 0.29) is 6.54 Å². The van der Waals surface area contributed by atoms with Gasteiger partial charge in [0, 0.05) is 23.6 Å². The average Bonchev–Trinajstić information content (AvgIpc) is 2.77. The number of aromatic nitrogens is 1. The van der Waals surface area contributed by atoms with Crippen molar-refractivity contribution in [3.63, 3.8) is 0 Å². The second-order valence-corrected chi connectivity index (χ2v) is 5.08. The highest BCUT2D eigenvalue weighted by Gasteiger charge is 2.09. The van der Waals surface area contributed by atoms with Gasteiger partial charge >= 0.3 is 5.97 Å². The van der Waals surface area contributed by atoms with Crippen LogP contribution in [0.25, 0.3) is 10.9 Å². The Hall–Kier alpha value is -1.81. The quantitative estimate of drug-likeness (QED) is 0.728. The number of carbonyl (C=O) groups is 1. The number of carboxylic acids is 1. The predicted octanol–water partition coefficient (Wildman–Crippen LogP) is 3.01. The number of unbranched alkanes of at least 4 members (excludes halogenated alkanes) is 2. The Morgan fingerprint density at radius 3 is 2.85 bits per heavy atom. The third-order valence-corrected chi connectivity index (χ3v) is 3.45. The number of para-hydroxylation sites is 1. The monoisotopic (exact) mass is 274 g/mol. The van der Waals surface area contributed by atoms with Gasteiger partial charge in [-0.3, -0.25) is 4.79 Å². The number of hydrogen-bond donors (Lipinski definition) is 2. The lowest BCUT2D eigenvalue weighted by molar-refractivity contribution is -0.137. The van der Waals surface area contributed by atoms with Gasteiger partial charge in [-0.1, -0.05) is 38.0 Å². The second kappa shape index (κ2) is 7.10. The van der Waals surface area contributed by atoms with Crippen LogP contribution >= 0.6 is 0 Å². The van der Waals surface area contributed by atoms with Gasteiger partial charge in [-0.2, -0.15) is 0 Å². The molecule has 1 aromatic heterocycles. The first kappa shape index (κ1) is 14.6. The molecule has 0 spiro atoms. The van der Waals surface area contributed by atoms with Crippen molar-refractivity contribution in [2.45, 2.75) is 39.3 Å². The van der Waals surface area contributed by atoms with Gasteiger partial charge in [-0.15, -0.1) is 0 Å². The zero-order chi connectivity index (χ0) is 14.4. The molecule has 4 nitrogen and oxygen atoms in total. The molecule has 0 aliphatic heterocycles. The van der Waals surface area contributed by atoms with Gasteiger partial charge < -0.3 is 15.0 Å². The second-order valence-electron chi connectivity index (χ2n) is 5.08. The zero-order valence-corrected chi connectivity index (χ0v) is 11.9. The first-order valence-corrected chi connectivity index (χ1v) is 7.21. The Bertz CT molecular complexity index is 575. The van der Waals surface area contributed by atoms with Crippen LogP contribution in [0.2, 0.25) is 0 Å². The van der Waals surface area contributed by atoms with E-state index in [0.717, 1.165) is 24.0 Å². The van der Waals surface area contributed by atoms with Crippen LogP contribution in [0.15, 0.2) is 30.5 Å². The molecule has 0 saturated carbocycles. The van der Waals surface area contributed by atoms with Crippen molar-refractivity contribution in [1.82, 2.24) is 9.88 Å². The molecule has 0 fully saturated rings. The third-order valence-electron chi connectivity index (χ3n) is 3.45. The van der Waals surface area contributed by atoms with Gasteiger partial charge in [0.15, 0.2) is 0 Å². The number of aliphatic carboxylic acids is 1. The van der Waals surface area contributed by atoms with Crippen molar-refractivity contribution in [2.24, 2.45) is 0 Å². The number of carboxylic acid groups (broad SMARTS) is 1. The number of nitrogens with zero attached hydrogens (tertiary/aromatic N) is 1. The van der Waals surface area contributed by atoms with Crippen molar-refractivity contribution in [3.8, 4) is 0 Å². The highest BCUT2D eigenvalue weighted by atomic mass is 16.4. The molecule has 0 unspecified atom stereocenters. The van der Waals surface area contributed by atoms with E-state index < -0.39 is 5.97 Å². The summed E-state index contributed by atoms with van der Waals surface area (Å²) in [4.78, 5) is 10.9. The van der Waals surface area contributed by atoms with Crippen LogP contribution in [0.4, 0.5) is 0 Å². The molecule has 0 atom stereocenters. The fraction of sp³-hybridized carbons (Fsp3) is 0.438. The molecule has 1 heterocycles. The van der Waals surface area contributed by atoms with E-state index in [1.54, 1.807) is 4.57 Å². The highest BCUT2D eigenvalue weighted by molar-refractivity contribution is 5.85. The molecule has 2 aromatic rings. The first-order valence-electron chi connectivity index (χ1n) is 7.21. The van der Waals surface area contributed by atoms with Crippen molar-refractivity contribution < 1.29 is 9.90 Å². The van der Waals surface area contributed by atoms with Crippen LogP contribution < -0.4 is 5.32 Å². The fourth-order valence-electron chi connectivity index (χ4n) is 2.46. The van der Waals surface area contributed by atoms with Crippen molar-refractivity contribution in [2.75, 3.05) is 6.54 Å². The van der Waals surface area contributed by atoms with Crippen LogP contribution in [0.5, 0.6) is 0 Å². The molecule has 0 amide bonds. The Morgan fingerprint density at radius 2 is 2.10 bits per heavy atom. The van der Waals surface area contributed by atoms with Gasteiger partial charge in [0.05, 0.1) is 0 Å². The summed E-state index contributed by atoms with van der Waals surface area (Å²) in [5.41, 5.74) is 2.15. The summed E-state index contributed by atoms with van der Waals surface area (Å²) in [6.45, 7) is 4.00. The summed E-state index contributed by atoms with van der Waals surface area (Å²) in [5.74, 6) is -0.812. The fourth-order valence-corrected chi connectivity index (χ4v) is 2.46. The minimum atomic E-state index is -0.812. The molecule has 0 aliphatic rings. The van der Waals surface area contributed by atoms with E-state index >= 15 is 0 Å². The Morgan fingerprint density at radius 1 is 1.30 bits per heavy atom. The summed E-state index contributed by atoms with van der Waals surface area (Å²) in [7, 11) is 0. The third kappa shape index (κ3) is 3.61. The van der Waals surface area contributed by atoms with Crippen molar-refractivity contribution in [1.29, 1.82) is 0 Å². The minimum Gasteiger partial charge on any atom is -0.480 e. The number of nitrogens with one attached hydrogen (secondary N) is 1. The zero-order valence-electron chi connectivity index (χ0n) is 11.9. The summed E-state index contributed by atoms with van der Waals surface area (Å²) in [5, 5.41) is 13.5. The smallest absolute Gasteiger partial charge is 0.323 e. The lowest BCUT2D eigenvalue weighted by atomic mass is 10.2. The molecule has 0 saturated heterocycles. The number of hydrogen-bond acceptors (Lipinski definition) is 2. The highest BCUT2D eigenvalue weighted by Crippen LogP contribution is 2.21. The number of benzene rings is 1. The van der Waals surface area contributed by atoms with E-state index in [9.17, 15) is 4.79 Å². The summed E-state index contributed by atoms with van der Waals surface area (Å²) < 4.78 is 1.81. The van der Waals surface area contributed by atoms with E-state index in [4.69, 9.17) is 5.11 Å². The van der Waals surface area contributed by atoms with Crippen LogP contribution in [0.1, 0.15) is 31.7 Å². The maximum atomic E-state index is 10.9. The van der Waals surface area contributed by atoms with Crippen LogP contribution in [0.3, 0.4) is 0 Å². The molecule has 1 aromatic carbocycles. The van der Waals surface area contributed by atoms with Crippen LogP contribution in [-0.4, -0.2) is 22.2 Å². The molecule has 2 rings (SSSR count). The van der Waals surface area contributed by atoms with Gasteiger partial charge in [0.25, 0.3) is 0 Å². The molecule has 0 aliphatic carbocycles. The Labute approximate surface area is 119 Å². The van der Waals surface area contributed by atoms with E-state index in [0.29, 0.717) is 0 Å². The molecule has 4 heteroatoms.